The first-order valence-corrected chi connectivity index (χ1v) is 11.4. The minimum absolute atomic E-state index is 0.133. The first-order valence-electron chi connectivity index (χ1n) is 11.4. The van der Waals surface area contributed by atoms with Crippen molar-refractivity contribution < 1.29 is 13.9 Å². The maximum Gasteiger partial charge on any atom is 0.224 e. The second-order valence-electron chi connectivity index (χ2n) is 8.27. The molecule has 0 spiro atoms. The number of anilines is 1. The Kier molecular flexibility index (Phi) is 8.94. The van der Waals surface area contributed by atoms with Crippen LogP contribution in [0.1, 0.15) is 26.2 Å². The number of aliphatic imine (C=N–C) groups is 1. The molecule has 172 valence electrons. The molecule has 7 nitrogen and oxygen atoms in total. The van der Waals surface area contributed by atoms with Crippen LogP contribution in [0.25, 0.3) is 0 Å². The van der Waals surface area contributed by atoms with Gasteiger partial charge in [0.25, 0.3) is 0 Å². The molecular weight excluding hydrogens is 397 g/mol. The van der Waals surface area contributed by atoms with Gasteiger partial charge in [-0.3, -0.25) is 9.79 Å². The molecule has 0 atom stereocenters. The molecule has 1 N–H and O–H groups in total. The van der Waals surface area contributed by atoms with E-state index < -0.39 is 0 Å². The maximum atomic E-state index is 13.1. The van der Waals surface area contributed by atoms with E-state index in [1.165, 1.54) is 25.0 Å². The van der Waals surface area contributed by atoms with Gasteiger partial charge in [0.05, 0.1) is 13.2 Å². The first kappa shape index (κ1) is 23.3. The summed E-state index contributed by atoms with van der Waals surface area (Å²) < 4.78 is 18.8. The number of benzene rings is 1. The molecule has 2 aliphatic rings. The number of rotatable bonds is 10. The highest BCUT2D eigenvalue weighted by molar-refractivity contribution is 5.81. The van der Waals surface area contributed by atoms with Gasteiger partial charge in [-0.15, -0.1) is 0 Å². The monoisotopic (exact) mass is 433 g/mol. The highest BCUT2D eigenvalue weighted by Crippen LogP contribution is 2.28. The highest BCUT2D eigenvalue weighted by atomic mass is 19.1. The van der Waals surface area contributed by atoms with E-state index in [9.17, 15) is 9.18 Å². The van der Waals surface area contributed by atoms with E-state index in [0.717, 1.165) is 50.4 Å². The molecule has 1 aromatic rings. The lowest BCUT2D eigenvalue weighted by Gasteiger charge is -2.36. The molecule has 1 heterocycles. The second kappa shape index (κ2) is 11.9. The number of hydrogen-bond acceptors (Lipinski definition) is 4. The van der Waals surface area contributed by atoms with Crippen molar-refractivity contribution in [2.75, 3.05) is 71.0 Å². The van der Waals surface area contributed by atoms with Crippen LogP contribution >= 0.6 is 0 Å². The van der Waals surface area contributed by atoms with Crippen LogP contribution in [-0.4, -0.2) is 87.7 Å². The summed E-state index contributed by atoms with van der Waals surface area (Å²) in [5.74, 6) is 1.49. The van der Waals surface area contributed by atoms with Crippen LogP contribution in [-0.2, 0) is 9.53 Å². The lowest BCUT2D eigenvalue weighted by Crippen LogP contribution is -2.49. The Morgan fingerprint density at radius 3 is 2.58 bits per heavy atom. The third-order valence-electron chi connectivity index (χ3n) is 5.73. The summed E-state index contributed by atoms with van der Waals surface area (Å²) in [5, 5.41) is 3.29. The number of carbonyl (C=O) groups excluding carboxylic acids is 1. The lowest BCUT2D eigenvalue weighted by molar-refractivity contribution is -0.131. The van der Waals surface area contributed by atoms with Crippen LogP contribution in [0.3, 0.4) is 0 Å². The number of amides is 1. The van der Waals surface area contributed by atoms with E-state index >= 15 is 0 Å². The quantitative estimate of drug-likeness (QED) is 0.348. The van der Waals surface area contributed by atoms with E-state index in [1.54, 1.807) is 12.1 Å². The summed E-state index contributed by atoms with van der Waals surface area (Å²) in [5.41, 5.74) is 0.998. The Balaban J connectivity index is 1.38. The molecule has 1 amide bonds. The molecule has 3 rings (SSSR count). The van der Waals surface area contributed by atoms with Crippen LogP contribution in [0, 0.1) is 11.7 Å². The van der Waals surface area contributed by atoms with Crippen molar-refractivity contribution in [1.82, 2.24) is 15.1 Å². The Morgan fingerprint density at radius 2 is 1.94 bits per heavy atom. The summed E-state index contributed by atoms with van der Waals surface area (Å²) in [7, 11) is 2.00. The van der Waals surface area contributed by atoms with Crippen molar-refractivity contribution in [2.45, 2.75) is 26.2 Å². The van der Waals surface area contributed by atoms with Crippen molar-refractivity contribution in [2.24, 2.45) is 10.9 Å². The molecule has 1 saturated heterocycles. The molecule has 0 aromatic heterocycles. The van der Waals surface area contributed by atoms with Gasteiger partial charge in [0.1, 0.15) is 5.82 Å². The molecule has 1 aromatic carbocycles. The zero-order chi connectivity index (χ0) is 22.1. The van der Waals surface area contributed by atoms with Crippen molar-refractivity contribution in [3.05, 3.63) is 30.1 Å². The Labute approximate surface area is 185 Å². The zero-order valence-corrected chi connectivity index (χ0v) is 18.9. The van der Waals surface area contributed by atoms with Crippen molar-refractivity contribution in [3.63, 3.8) is 0 Å². The number of piperazine rings is 1. The molecule has 2 fully saturated rings. The maximum absolute atomic E-state index is 13.1. The minimum atomic E-state index is -0.230. The SMILES string of the molecule is CCNC(=NCCC(=O)N1CCN(c2ccc(F)cc2)CC1)N(C)CCOCC1CC1. The number of ether oxygens (including phenoxy) is 1. The van der Waals surface area contributed by atoms with Crippen LogP contribution < -0.4 is 10.2 Å². The molecule has 1 saturated carbocycles. The molecule has 0 bridgehead atoms. The fraction of sp³-hybridized carbons (Fsp3) is 0.652. The van der Waals surface area contributed by atoms with Crippen LogP contribution in [0.15, 0.2) is 29.3 Å². The van der Waals surface area contributed by atoms with Crippen molar-refractivity contribution >= 4 is 17.6 Å². The van der Waals surface area contributed by atoms with Gasteiger partial charge in [0.15, 0.2) is 5.96 Å². The van der Waals surface area contributed by atoms with Crippen molar-refractivity contribution in [3.8, 4) is 0 Å². The average molecular weight is 434 g/mol. The summed E-state index contributed by atoms with van der Waals surface area (Å²) in [6.45, 7) is 8.49. The van der Waals surface area contributed by atoms with E-state index in [0.29, 0.717) is 32.7 Å². The Hall–Kier alpha value is -2.35. The van der Waals surface area contributed by atoms with Gasteiger partial charge >= 0.3 is 0 Å². The van der Waals surface area contributed by atoms with Gasteiger partial charge in [-0.2, -0.15) is 0 Å². The molecule has 0 unspecified atom stereocenters. The Bertz CT molecular complexity index is 715. The molecule has 31 heavy (non-hydrogen) atoms. The number of halogens is 1. The predicted octanol–water partition coefficient (Wildman–Crippen LogP) is 2.19. The molecule has 0 radical (unpaired) electrons. The first-order chi connectivity index (χ1) is 15.1. The van der Waals surface area contributed by atoms with Crippen LogP contribution in [0.5, 0.6) is 0 Å². The number of nitrogens with zero attached hydrogens (tertiary/aromatic N) is 4. The number of nitrogens with one attached hydrogen (secondary N) is 1. The Morgan fingerprint density at radius 1 is 1.23 bits per heavy atom. The standard InChI is InChI=1S/C23H36FN5O2/c1-3-25-23(27(2)16-17-31-18-19-4-5-19)26-11-10-22(30)29-14-12-28(13-15-29)21-8-6-20(24)7-9-21/h6-9,19H,3-5,10-18H2,1-2H3,(H,25,26). The van der Waals surface area contributed by atoms with Gasteiger partial charge in [-0.25, -0.2) is 4.39 Å². The van der Waals surface area contributed by atoms with Gasteiger partial charge in [-0.1, -0.05) is 0 Å². The summed E-state index contributed by atoms with van der Waals surface area (Å²) >= 11 is 0. The highest BCUT2D eigenvalue weighted by Gasteiger charge is 2.22. The number of carbonyl (C=O) groups is 1. The van der Waals surface area contributed by atoms with E-state index in [4.69, 9.17) is 4.74 Å². The van der Waals surface area contributed by atoms with E-state index in [-0.39, 0.29) is 11.7 Å². The smallest absolute Gasteiger partial charge is 0.224 e. The average Bonchev–Trinajstić information content (AvgIpc) is 3.61. The molecule has 8 heteroatoms. The summed E-state index contributed by atoms with van der Waals surface area (Å²) in [6.07, 6.45) is 3.00. The predicted molar refractivity (Wildman–Crippen MR) is 122 cm³/mol. The number of guanidine groups is 1. The zero-order valence-electron chi connectivity index (χ0n) is 18.9. The topological polar surface area (TPSA) is 60.4 Å². The van der Waals surface area contributed by atoms with Crippen molar-refractivity contribution in [1.29, 1.82) is 0 Å². The fourth-order valence-corrected chi connectivity index (χ4v) is 3.59. The number of hydrogen-bond donors (Lipinski definition) is 1. The minimum Gasteiger partial charge on any atom is -0.379 e. The molecule has 1 aliphatic heterocycles. The van der Waals surface area contributed by atoms with Gasteiger partial charge in [0.2, 0.25) is 5.91 Å². The molecule has 1 aliphatic carbocycles. The number of likely N-dealkylation sites (N-methyl/N-ethyl adjacent to an activating group) is 1. The lowest BCUT2D eigenvalue weighted by atomic mass is 10.2. The second-order valence-corrected chi connectivity index (χ2v) is 8.27. The summed E-state index contributed by atoms with van der Waals surface area (Å²) in [6, 6.07) is 6.53. The normalized spacial score (nSPS) is 17.1. The fourth-order valence-electron chi connectivity index (χ4n) is 3.59. The van der Waals surface area contributed by atoms with Gasteiger partial charge in [-0.05, 0) is 49.9 Å². The largest absolute Gasteiger partial charge is 0.379 e. The van der Waals surface area contributed by atoms with Gasteiger partial charge in [0, 0.05) is 65.0 Å². The summed E-state index contributed by atoms with van der Waals surface area (Å²) in [4.78, 5) is 23.4. The molecular formula is C23H36FN5O2. The van der Waals surface area contributed by atoms with E-state index in [1.807, 2.05) is 18.9 Å². The third kappa shape index (κ3) is 7.69. The van der Waals surface area contributed by atoms with E-state index in [2.05, 4.69) is 20.1 Å². The van der Waals surface area contributed by atoms with Gasteiger partial charge < -0.3 is 24.8 Å². The third-order valence-corrected chi connectivity index (χ3v) is 5.73. The van der Waals surface area contributed by atoms with Crippen LogP contribution in [0.2, 0.25) is 0 Å². The van der Waals surface area contributed by atoms with Crippen LogP contribution in [0.4, 0.5) is 10.1 Å².